The van der Waals surface area contributed by atoms with Crippen molar-refractivity contribution in [3.05, 3.63) is 34.9 Å². The fraction of sp³-hybridized carbons (Fsp3) is 0.600. The maximum absolute atomic E-state index is 4.13. The summed E-state index contributed by atoms with van der Waals surface area (Å²) in [5.41, 5.74) is 6.23. The Kier molecular flexibility index (Phi) is 2.86. The van der Waals surface area contributed by atoms with Gasteiger partial charge in [0.15, 0.2) is 0 Å². The van der Waals surface area contributed by atoms with Crippen LogP contribution in [0.25, 0.3) is 0 Å². The lowest BCUT2D eigenvalue weighted by Gasteiger charge is -2.34. The third-order valence-corrected chi connectivity index (χ3v) is 3.95. The summed E-state index contributed by atoms with van der Waals surface area (Å²) in [5.74, 6) is 1.55. The van der Waals surface area contributed by atoms with Crippen molar-refractivity contribution in [1.82, 2.24) is 0 Å². The first-order valence-electron chi connectivity index (χ1n) is 6.18. The van der Waals surface area contributed by atoms with E-state index in [0.717, 1.165) is 11.8 Å². The molecule has 0 heteroatoms. The van der Waals surface area contributed by atoms with Crippen molar-refractivity contribution in [2.75, 3.05) is 0 Å². The zero-order valence-electron chi connectivity index (χ0n) is 10.3. The summed E-state index contributed by atoms with van der Waals surface area (Å²) in [4.78, 5) is 0. The molecule has 0 saturated carbocycles. The molecule has 2 aliphatic rings. The van der Waals surface area contributed by atoms with Gasteiger partial charge in [-0.05, 0) is 55.6 Å². The molecule has 0 aromatic carbocycles. The summed E-state index contributed by atoms with van der Waals surface area (Å²) in [7, 11) is 0. The van der Waals surface area contributed by atoms with Crippen molar-refractivity contribution in [1.29, 1.82) is 0 Å². The second-order valence-electron chi connectivity index (χ2n) is 5.41. The van der Waals surface area contributed by atoms with E-state index in [1.54, 1.807) is 16.7 Å². The maximum Gasteiger partial charge on any atom is -0.0133 e. The highest BCUT2D eigenvalue weighted by Crippen LogP contribution is 2.43. The smallest absolute Gasteiger partial charge is 0.0133 e. The van der Waals surface area contributed by atoms with Crippen LogP contribution >= 0.6 is 0 Å². The Morgan fingerprint density at radius 3 is 2.67 bits per heavy atom. The predicted molar refractivity (Wildman–Crippen MR) is 66.7 cm³/mol. The summed E-state index contributed by atoms with van der Waals surface area (Å²) in [6.45, 7) is 11.1. The van der Waals surface area contributed by atoms with Gasteiger partial charge >= 0.3 is 0 Å². The first kappa shape index (κ1) is 10.7. The largest absolute Gasteiger partial charge is 0.0958 e. The molecule has 0 fully saturated rings. The Bertz CT molecular complexity index is 339. The van der Waals surface area contributed by atoms with Gasteiger partial charge in [-0.1, -0.05) is 37.6 Å². The van der Waals surface area contributed by atoms with Gasteiger partial charge < -0.3 is 0 Å². The molecule has 82 valence electrons. The zero-order chi connectivity index (χ0) is 11.0. The van der Waals surface area contributed by atoms with Gasteiger partial charge in [-0.2, -0.15) is 0 Å². The fourth-order valence-electron chi connectivity index (χ4n) is 2.97. The van der Waals surface area contributed by atoms with Crippen molar-refractivity contribution in [2.45, 2.75) is 46.5 Å². The van der Waals surface area contributed by atoms with Gasteiger partial charge in [0.1, 0.15) is 0 Å². The van der Waals surface area contributed by atoms with E-state index < -0.39 is 0 Å². The lowest BCUT2D eigenvalue weighted by molar-refractivity contribution is 0.401. The highest BCUT2D eigenvalue weighted by atomic mass is 14.3. The van der Waals surface area contributed by atoms with Crippen molar-refractivity contribution in [3.63, 3.8) is 0 Å². The highest BCUT2D eigenvalue weighted by Gasteiger charge is 2.28. The van der Waals surface area contributed by atoms with E-state index in [4.69, 9.17) is 0 Å². The normalized spacial score (nSPS) is 26.8. The molecule has 0 bridgehead atoms. The van der Waals surface area contributed by atoms with Crippen molar-refractivity contribution in [2.24, 2.45) is 11.8 Å². The van der Waals surface area contributed by atoms with Gasteiger partial charge in [0.25, 0.3) is 0 Å². The van der Waals surface area contributed by atoms with Gasteiger partial charge in [0.2, 0.25) is 0 Å². The molecular formula is C15H22. The Morgan fingerprint density at radius 1 is 1.27 bits per heavy atom. The monoisotopic (exact) mass is 202 g/mol. The van der Waals surface area contributed by atoms with E-state index in [1.807, 2.05) is 0 Å². The van der Waals surface area contributed by atoms with Gasteiger partial charge in [-0.15, -0.1) is 0 Å². The lowest BCUT2D eigenvalue weighted by atomic mass is 9.71. The van der Waals surface area contributed by atoms with E-state index >= 15 is 0 Å². The fourth-order valence-corrected chi connectivity index (χ4v) is 2.97. The molecule has 0 amide bonds. The number of fused-ring (bicyclic) bond motifs is 1. The molecule has 0 aliphatic heterocycles. The van der Waals surface area contributed by atoms with E-state index in [9.17, 15) is 0 Å². The molecule has 2 rings (SSSR count). The second-order valence-corrected chi connectivity index (χ2v) is 5.41. The summed E-state index contributed by atoms with van der Waals surface area (Å²) < 4.78 is 0. The van der Waals surface area contributed by atoms with Crippen LogP contribution < -0.4 is 0 Å². The third kappa shape index (κ3) is 1.95. The van der Waals surface area contributed by atoms with Crippen LogP contribution in [-0.4, -0.2) is 0 Å². The zero-order valence-corrected chi connectivity index (χ0v) is 10.3. The molecule has 0 radical (unpaired) electrons. The van der Waals surface area contributed by atoms with Crippen LogP contribution in [0.3, 0.4) is 0 Å². The van der Waals surface area contributed by atoms with Crippen LogP contribution in [0.4, 0.5) is 0 Å². The second kappa shape index (κ2) is 4.00. The van der Waals surface area contributed by atoms with Gasteiger partial charge in [0.05, 0.1) is 0 Å². The van der Waals surface area contributed by atoms with E-state index in [2.05, 4.69) is 33.4 Å². The average Bonchev–Trinajstić information content (AvgIpc) is 2.17. The number of rotatable bonds is 1. The molecule has 1 atom stereocenters. The molecule has 0 N–H and O–H groups in total. The van der Waals surface area contributed by atoms with Gasteiger partial charge in [-0.3, -0.25) is 0 Å². The van der Waals surface area contributed by atoms with Crippen LogP contribution in [0.5, 0.6) is 0 Å². The quantitative estimate of drug-likeness (QED) is 0.581. The molecule has 15 heavy (non-hydrogen) atoms. The van der Waals surface area contributed by atoms with Crippen LogP contribution in [0.1, 0.15) is 46.5 Å². The first-order valence-corrected chi connectivity index (χ1v) is 6.18. The maximum atomic E-state index is 4.13. The summed E-state index contributed by atoms with van der Waals surface area (Å²) in [6.07, 6.45) is 7.42. The molecule has 0 heterocycles. The SMILES string of the molecule is C=C1C=C2C(=C(C)CCC2C(C)C)CC1. The standard InChI is InChI=1S/C15H22/c1-10(2)13-8-6-12(4)14-7-5-11(3)9-15(13)14/h9-10,13H,3,5-8H2,1-2,4H3. The number of hydrogen-bond acceptors (Lipinski definition) is 0. The van der Waals surface area contributed by atoms with Crippen LogP contribution in [-0.2, 0) is 0 Å². The number of hydrogen-bond donors (Lipinski definition) is 0. The van der Waals surface area contributed by atoms with Crippen molar-refractivity contribution >= 4 is 0 Å². The number of allylic oxidation sites excluding steroid dienone is 5. The van der Waals surface area contributed by atoms with Crippen LogP contribution in [0.15, 0.2) is 34.9 Å². The van der Waals surface area contributed by atoms with Gasteiger partial charge in [-0.25, -0.2) is 0 Å². The summed E-state index contributed by atoms with van der Waals surface area (Å²) in [5, 5.41) is 0. The van der Waals surface area contributed by atoms with Crippen molar-refractivity contribution < 1.29 is 0 Å². The minimum Gasteiger partial charge on any atom is -0.0958 e. The van der Waals surface area contributed by atoms with Crippen LogP contribution in [0, 0.1) is 11.8 Å². The van der Waals surface area contributed by atoms with E-state index in [1.165, 1.54) is 31.3 Å². The van der Waals surface area contributed by atoms with Crippen molar-refractivity contribution in [3.8, 4) is 0 Å². The predicted octanol–water partition coefficient (Wildman–Crippen LogP) is 4.65. The average molecular weight is 202 g/mol. The molecule has 0 aromatic heterocycles. The third-order valence-electron chi connectivity index (χ3n) is 3.95. The molecule has 0 aromatic rings. The minimum atomic E-state index is 0.769. The molecule has 0 nitrogen and oxygen atoms in total. The Morgan fingerprint density at radius 2 is 2.00 bits per heavy atom. The Balaban J connectivity index is 2.41. The minimum absolute atomic E-state index is 0.769. The summed E-state index contributed by atoms with van der Waals surface area (Å²) in [6, 6.07) is 0. The Hall–Kier alpha value is -0.780. The van der Waals surface area contributed by atoms with Gasteiger partial charge in [0, 0.05) is 0 Å². The Labute approximate surface area is 93.8 Å². The highest BCUT2D eigenvalue weighted by molar-refractivity contribution is 5.46. The first-order chi connectivity index (χ1) is 7.09. The molecule has 0 spiro atoms. The lowest BCUT2D eigenvalue weighted by Crippen LogP contribution is -2.20. The molecule has 0 saturated heterocycles. The molecule has 2 aliphatic carbocycles. The van der Waals surface area contributed by atoms with E-state index in [0.29, 0.717) is 0 Å². The molecule has 1 unspecified atom stereocenters. The van der Waals surface area contributed by atoms with Crippen LogP contribution in [0.2, 0.25) is 0 Å². The molecular weight excluding hydrogens is 180 g/mol. The topological polar surface area (TPSA) is 0 Å². The van der Waals surface area contributed by atoms with E-state index in [-0.39, 0.29) is 0 Å². The summed E-state index contributed by atoms with van der Waals surface area (Å²) >= 11 is 0.